The van der Waals surface area contributed by atoms with Crippen molar-refractivity contribution in [2.75, 3.05) is 18.0 Å². The molecule has 4 heteroatoms. The van der Waals surface area contributed by atoms with Crippen molar-refractivity contribution in [3.8, 4) is 0 Å². The first kappa shape index (κ1) is 18.4. The third kappa shape index (κ3) is 4.43. The van der Waals surface area contributed by atoms with Gasteiger partial charge in [-0.2, -0.15) is 0 Å². The average molecular weight is 352 g/mol. The highest BCUT2D eigenvalue weighted by molar-refractivity contribution is 5.51. The molecule has 138 valence electrons. The molecular formula is C22H28N2O2. The first-order chi connectivity index (χ1) is 12.3. The second-order valence-corrected chi connectivity index (χ2v) is 8.38. The molecule has 1 atom stereocenters. The van der Waals surface area contributed by atoms with Gasteiger partial charge in [-0.3, -0.25) is 10.1 Å². The van der Waals surface area contributed by atoms with Gasteiger partial charge in [0.1, 0.15) is 0 Å². The third-order valence-corrected chi connectivity index (χ3v) is 5.29. The Labute approximate surface area is 156 Å². The molecule has 1 saturated heterocycles. The van der Waals surface area contributed by atoms with Gasteiger partial charge in [0.25, 0.3) is 5.69 Å². The van der Waals surface area contributed by atoms with E-state index in [1.54, 1.807) is 12.1 Å². The Morgan fingerprint density at radius 2 is 1.73 bits per heavy atom. The quantitative estimate of drug-likeness (QED) is 0.550. The number of hydrogen-bond acceptors (Lipinski definition) is 3. The van der Waals surface area contributed by atoms with Crippen LogP contribution >= 0.6 is 0 Å². The monoisotopic (exact) mass is 352 g/mol. The van der Waals surface area contributed by atoms with E-state index in [1.807, 2.05) is 12.1 Å². The van der Waals surface area contributed by atoms with Crippen molar-refractivity contribution in [3.05, 3.63) is 69.8 Å². The highest BCUT2D eigenvalue weighted by atomic mass is 16.6. The fourth-order valence-corrected chi connectivity index (χ4v) is 3.73. The lowest BCUT2D eigenvalue weighted by Crippen LogP contribution is -2.36. The lowest BCUT2D eigenvalue weighted by molar-refractivity contribution is -0.384. The van der Waals surface area contributed by atoms with Gasteiger partial charge in [0.2, 0.25) is 0 Å². The molecule has 26 heavy (non-hydrogen) atoms. The van der Waals surface area contributed by atoms with Gasteiger partial charge in [0, 0.05) is 30.9 Å². The summed E-state index contributed by atoms with van der Waals surface area (Å²) < 4.78 is 0. The predicted molar refractivity (Wildman–Crippen MR) is 107 cm³/mol. The van der Waals surface area contributed by atoms with Crippen LogP contribution in [0.2, 0.25) is 0 Å². The lowest BCUT2D eigenvalue weighted by atomic mass is 9.85. The Bertz CT molecular complexity index is 745. The molecule has 2 aromatic rings. The zero-order valence-corrected chi connectivity index (χ0v) is 15.9. The second kappa shape index (κ2) is 7.48. The largest absolute Gasteiger partial charge is 0.371 e. The van der Waals surface area contributed by atoms with Gasteiger partial charge < -0.3 is 4.90 Å². The number of nitro benzene ring substituents is 1. The third-order valence-electron chi connectivity index (χ3n) is 5.29. The predicted octanol–water partition coefficient (Wildman–Crippen LogP) is 5.35. The van der Waals surface area contributed by atoms with E-state index in [2.05, 4.69) is 49.9 Å². The molecule has 0 N–H and O–H groups in total. The molecule has 0 aliphatic carbocycles. The van der Waals surface area contributed by atoms with Crippen molar-refractivity contribution in [2.45, 2.75) is 45.4 Å². The van der Waals surface area contributed by atoms with Crippen molar-refractivity contribution >= 4 is 11.4 Å². The zero-order chi connectivity index (χ0) is 18.7. The minimum Gasteiger partial charge on any atom is -0.371 e. The van der Waals surface area contributed by atoms with Crippen LogP contribution in [0.3, 0.4) is 0 Å². The van der Waals surface area contributed by atoms with Crippen LogP contribution in [0.4, 0.5) is 11.4 Å². The summed E-state index contributed by atoms with van der Waals surface area (Å²) in [4.78, 5) is 12.8. The normalized spacial score (nSPS) is 18.0. The van der Waals surface area contributed by atoms with Gasteiger partial charge in [0.15, 0.2) is 0 Å². The molecule has 3 rings (SSSR count). The maximum atomic E-state index is 10.8. The highest BCUT2D eigenvalue weighted by Crippen LogP contribution is 2.28. The molecule has 4 nitrogen and oxygen atoms in total. The van der Waals surface area contributed by atoms with Crippen LogP contribution < -0.4 is 4.90 Å². The van der Waals surface area contributed by atoms with Crippen LogP contribution in [0, 0.1) is 16.0 Å². The Morgan fingerprint density at radius 3 is 2.31 bits per heavy atom. The van der Waals surface area contributed by atoms with Gasteiger partial charge in [-0.25, -0.2) is 0 Å². The van der Waals surface area contributed by atoms with Crippen molar-refractivity contribution in [1.29, 1.82) is 0 Å². The molecule has 1 aliphatic rings. The summed E-state index contributed by atoms with van der Waals surface area (Å²) in [5.41, 5.74) is 4.20. The van der Waals surface area contributed by atoms with E-state index in [0.29, 0.717) is 5.92 Å². The summed E-state index contributed by atoms with van der Waals surface area (Å²) in [5, 5.41) is 10.8. The molecule has 0 spiro atoms. The lowest BCUT2D eigenvalue weighted by Gasteiger charge is -2.34. The number of nitro groups is 1. The maximum absolute atomic E-state index is 10.8. The molecular weight excluding hydrogens is 324 g/mol. The van der Waals surface area contributed by atoms with E-state index in [1.165, 1.54) is 24.0 Å². The van der Waals surface area contributed by atoms with Crippen molar-refractivity contribution < 1.29 is 4.92 Å². The zero-order valence-electron chi connectivity index (χ0n) is 15.9. The van der Waals surface area contributed by atoms with Gasteiger partial charge >= 0.3 is 0 Å². The average Bonchev–Trinajstić information content (AvgIpc) is 2.62. The topological polar surface area (TPSA) is 46.4 Å². The standard InChI is InChI=1S/C22H28N2O2/c1-22(2,3)19-8-6-17(7-9-19)15-18-5-4-14-23(16-18)20-10-12-21(13-11-20)24(25)26/h6-13,18H,4-5,14-16H2,1-3H3. The molecule has 0 amide bonds. The van der Waals surface area contributed by atoms with Crippen LogP contribution in [-0.4, -0.2) is 18.0 Å². The summed E-state index contributed by atoms with van der Waals surface area (Å²) >= 11 is 0. The Hall–Kier alpha value is -2.36. The first-order valence-corrected chi connectivity index (χ1v) is 9.42. The van der Waals surface area contributed by atoms with Crippen molar-refractivity contribution in [3.63, 3.8) is 0 Å². The van der Waals surface area contributed by atoms with Crippen LogP contribution in [0.5, 0.6) is 0 Å². The first-order valence-electron chi connectivity index (χ1n) is 9.42. The van der Waals surface area contributed by atoms with Crippen molar-refractivity contribution in [1.82, 2.24) is 0 Å². The number of piperidine rings is 1. The molecule has 0 aromatic heterocycles. The Kier molecular flexibility index (Phi) is 5.30. The van der Waals surface area contributed by atoms with E-state index in [9.17, 15) is 10.1 Å². The second-order valence-electron chi connectivity index (χ2n) is 8.38. The molecule has 1 fully saturated rings. The van der Waals surface area contributed by atoms with Gasteiger partial charge in [-0.1, -0.05) is 45.0 Å². The molecule has 0 radical (unpaired) electrons. The number of hydrogen-bond donors (Lipinski definition) is 0. The van der Waals surface area contributed by atoms with Crippen LogP contribution in [-0.2, 0) is 11.8 Å². The minimum absolute atomic E-state index is 0.154. The molecule has 1 heterocycles. The molecule has 0 bridgehead atoms. The van der Waals surface area contributed by atoms with E-state index >= 15 is 0 Å². The number of nitrogens with zero attached hydrogens (tertiary/aromatic N) is 2. The maximum Gasteiger partial charge on any atom is 0.269 e. The minimum atomic E-state index is -0.343. The number of anilines is 1. The summed E-state index contributed by atoms with van der Waals surface area (Å²) in [5.74, 6) is 0.624. The Morgan fingerprint density at radius 1 is 1.08 bits per heavy atom. The summed E-state index contributed by atoms with van der Waals surface area (Å²) in [6, 6.07) is 16.0. The fraction of sp³-hybridized carbons (Fsp3) is 0.455. The van der Waals surface area contributed by atoms with Gasteiger partial charge in [-0.05, 0) is 53.9 Å². The van der Waals surface area contributed by atoms with Gasteiger partial charge in [0.05, 0.1) is 4.92 Å². The SMILES string of the molecule is CC(C)(C)c1ccc(CC2CCCN(c3ccc([N+](=O)[O-])cc3)C2)cc1. The van der Waals surface area contributed by atoms with E-state index in [-0.39, 0.29) is 16.0 Å². The molecule has 2 aromatic carbocycles. The van der Waals surface area contributed by atoms with Crippen LogP contribution in [0.1, 0.15) is 44.7 Å². The summed E-state index contributed by atoms with van der Waals surface area (Å²) in [6.07, 6.45) is 3.50. The molecule has 0 saturated carbocycles. The number of benzene rings is 2. The summed E-state index contributed by atoms with van der Waals surface area (Å²) in [7, 11) is 0. The highest BCUT2D eigenvalue weighted by Gasteiger charge is 2.21. The van der Waals surface area contributed by atoms with E-state index in [0.717, 1.165) is 25.2 Å². The Balaban J connectivity index is 1.64. The fourth-order valence-electron chi connectivity index (χ4n) is 3.73. The van der Waals surface area contributed by atoms with E-state index < -0.39 is 0 Å². The van der Waals surface area contributed by atoms with Crippen molar-refractivity contribution in [2.24, 2.45) is 5.92 Å². The molecule has 1 unspecified atom stereocenters. The van der Waals surface area contributed by atoms with Gasteiger partial charge in [-0.15, -0.1) is 0 Å². The number of non-ortho nitro benzene ring substituents is 1. The smallest absolute Gasteiger partial charge is 0.269 e. The number of rotatable bonds is 4. The van der Waals surface area contributed by atoms with E-state index in [4.69, 9.17) is 0 Å². The van der Waals surface area contributed by atoms with Crippen LogP contribution in [0.15, 0.2) is 48.5 Å². The molecule has 1 aliphatic heterocycles. The van der Waals surface area contributed by atoms with Crippen LogP contribution in [0.25, 0.3) is 0 Å². The summed E-state index contributed by atoms with van der Waals surface area (Å²) in [6.45, 7) is 8.76.